The molecule has 5 fully saturated rings. The van der Waals surface area contributed by atoms with Gasteiger partial charge in [0.2, 0.25) is 0 Å². The van der Waals surface area contributed by atoms with Gasteiger partial charge < -0.3 is 15.3 Å². The van der Waals surface area contributed by atoms with Crippen LogP contribution in [0.3, 0.4) is 0 Å². The third kappa shape index (κ3) is 2.71. The van der Waals surface area contributed by atoms with E-state index in [0.717, 1.165) is 50.5 Å². The minimum absolute atomic E-state index is 0.0239. The van der Waals surface area contributed by atoms with Gasteiger partial charge in [0, 0.05) is 0 Å². The lowest BCUT2D eigenvalue weighted by atomic mass is 9.32. The molecule has 0 bridgehead atoms. The Morgan fingerprint density at radius 1 is 0.824 bits per heavy atom. The molecule has 5 rings (SSSR count). The fraction of sp³-hybridized carbons (Fsp3) is 0.900. The average Bonchev–Trinajstić information content (AvgIpc) is 3.14. The van der Waals surface area contributed by atoms with Gasteiger partial charge in [-0.2, -0.15) is 0 Å². The Hall–Kier alpha value is -0.870. The molecule has 0 aromatic heterocycles. The first-order chi connectivity index (χ1) is 15.7. The highest BCUT2D eigenvalue weighted by molar-refractivity contribution is 5.77. The Morgan fingerprint density at radius 2 is 1.50 bits per heavy atom. The maximum absolute atomic E-state index is 12.8. The highest BCUT2D eigenvalue weighted by atomic mass is 16.4. The van der Waals surface area contributed by atoms with Crippen molar-refractivity contribution in [3.05, 3.63) is 12.2 Å². The van der Waals surface area contributed by atoms with E-state index < -0.39 is 17.5 Å². The zero-order valence-electron chi connectivity index (χ0n) is 22.4. The van der Waals surface area contributed by atoms with Gasteiger partial charge in [0.15, 0.2) is 0 Å². The van der Waals surface area contributed by atoms with Gasteiger partial charge in [-0.25, -0.2) is 0 Å². The summed E-state index contributed by atoms with van der Waals surface area (Å²) in [6.45, 7) is 18.3. The number of aliphatic hydroxyl groups is 2. The molecule has 5 aliphatic carbocycles. The van der Waals surface area contributed by atoms with E-state index in [1.54, 1.807) is 0 Å². The molecule has 34 heavy (non-hydrogen) atoms. The second-order valence-electron chi connectivity index (χ2n) is 14.6. The van der Waals surface area contributed by atoms with Crippen molar-refractivity contribution in [2.75, 3.05) is 0 Å². The Kier molecular flexibility index (Phi) is 5.36. The van der Waals surface area contributed by atoms with E-state index in [-0.39, 0.29) is 39.6 Å². The zero-order chi connectivity index (χ0) is 25.1. The van der Waals surface area contributed by atoms with Gasteiger partial charge in [0.25, 0.3) is 0 Å². The van der Waals surface area contributed by atoms with Gasteiger partial charge in [-0.05, 0) is 116 Å². The molecule has 0 aromatic carbocycles. The molecule has 192 valence electrons. The van der Waals surface area contributed by atoms with E-state index in [9.17, 15) is 20.1 Å². The quantitative estimate of drug-likeness (QED) is 0.427. The third-order valence-electron chi connectivity index (χ3n) is 13.5. The SMILES string of the molecule is C=C(C)[C@@H]1CC[C@]2(C(=O)O)C(O)C[C@]3(C)[C@H](CC[C@@H]4[C@@]5(C)CC[C@H](O)C(C)(C)[C@@H]5CC[C@]43C)[C@@H]12. The molecule has 0 spiro atoms. The van der Waals surface area contributed by atoms with Crippen molar-refractivity contribution in [2.45, 2.75) is 112 Å². The van der Waals surface area contributed by atoms with Crippen LogP contribution in [-0.2, 0) is 4.79 Å². The Bertz CT molecular complexity index is 894. The summed E-state index contributed by atoms with van der Waals surface area (Å²) >= 11 is 0. The lowest BCUT2D eigenvalue weighted by Gasteiger charge is -2.73. The first kappa shape index (κ1) is 24.8. The standard InChI is InChI=1S/C30H48O4/c1-17(2)18-10-15-30(25(33)34)23(32)16-29(7)19(24(18)30)8-9-21-27(5)13-12-22(31)26(3,4)20(27)11-14-28(21,29)6/h18-24,31-32H,1,8-16H2,2-7H3,(H,33,34)/t18-,19+,20-,21+,22-,23?,24+,27-,28+,29+,30-/m0/s1. The first-order valence-corrected chi connectivity index (χ1v) is 13.9. The summed E-state index contributed by atoms with van der Waals surface area (Å²) < 4.78 is 0. The molecule has 0 radical (unpaired) electrons. The summed E-state index contributed by atoms with van der Waals surface area (Å²) in [4.78, 5) is 12.8. The smallest absolute Gasteiger partial charge is 0.312 e. The molecule has 0 saturated heterocycles. The molecule has 11 atom stereocenters. The van der Waals surface area contributed by atoms with E-state index >= 15 is 0 Å². The van der Waals surface area contributed by atoms with Gasteiger partial charge in [-0.15, -0.1) is 0 Å². The van der Waals surface area contributed by atoms with Crippen molar-refractivity contribution in [1.29, 1.82) is 0 Å². The normalized spacial score (nSPS) is 55.9. The summed E-state index contributed by atoms with van der Waals surface area (Å²) in [6.07, 6.45) is 7.34. The maximum atomic E-state index is 12.8. The van der Waals surface area contributed by atoms with Crippen molar-refractivity contribution in [3.8, 4) is 0 Å². The van der Waals surface area contributed by atoms with Crippen LogP contribution in [0.4, 0.5) is 0 Å². The second kappa shape index (κ2) is 7.34. The number of aliphatic hydroxyl groups excluding tert-OH is 2. The number of fused-ring (bicyclic) bond motifs is 7. The number of hydrogen-bond acceptors (Lipinski definition) is 3. The monoisotopic (exact) mass is 472 g/mol. The van der Waals surface area contributed by atoms with E-state index in [1.165, 1.54) is 0 Å². The molecular weight excluding hydrogens is 424 g/mol. The Labute approximate surface area is 206 Å². The summed E-state index contributed by atoms with van der Waals surface area (Å²) in [7, 11) is 0. The summed E-state index contributed by atoms with van der Waals surface area (Å²) in [5.74, 6) is 0.723. The first-order valence-electron chi connectivity index (χ1n) is 13.9. The molecule has 0 aliphatic heterocycles. The maximum Gasteiger partial charge on any atom is 0.312 e. The molecule has 5 saturated carbocycles. The molecular formula is C30H48O4. The predicted molar refractivity (Wildman–Crippen MR) is 134 cm³/mol. The van der Waals surface area contributed by atoms with Crippen molar-refractivity contribution in [3.63, 3.8) is 0 Å². The van der Waals surface area contributed by atoms with Gasteiger partial charge >= 0.3 is 5.97 Å². The van der Waals surface area contributed by atoms with E-state index in [0.29, 0.717) is 30.6 Å². The fourth-order valence-electron chi connectivity index (χ4n) is 11.6. The van der Waals surface area contributed by atoms with Crippen molar-refractivity contribution in [2.24, 2.45) is 56.7 Å². The van der Waals surface area contributed by atoms with Gasteiger partial charge in [-0.3, -0.25) is 4.79 Å². The highest BCUT2D eigenvalue weighted by Crippen LogP contribution is 2.77. The average molecular weight is 473 g/mol. The van der Waals surface area contributed by atoms with Crippen LogP contribution in [-0.4, -0.2) is 33.5 Å². The molecule has 0 aromatic rings. The van der Waals surface area contributed by atoms with Gasteiger partial charge in [-0.1, -0.05) is 46.8 Å². The van der Waals surface area contributed by atoms with Crippen LogP contribution in [0, 0.1) is 56.7 Å². The van der Waals surface area contributed by atoms with Crippen LogP contribution < -0.4 is 0 Å². The molecule has 1 unspecified atom stereocenters. The van der Waals surface area contributed by atoms with Gasteiger partial charge in [0.1, 0.15) is 0 Å². The predicted octanol–water partition coefficient (Wildman–Crippen LogP) is 6.06. The van der Waals surface area contributed by atoms with Crippen molar-refractivity contribution >= 4 is 5.97 Å². The summed E-state index contributed by atoms with van der Waals surface area (Å²) in [5.41, 5.74) is 0.149. The van der Waals surface area contributed by atoms with Gasteiger partial charge in [0.05, 0.1) is 17.6 Å². The number of hydrogen-bond donors (Lipinski definition) is 3. The van der Waals surface area contributed by atoms with Crippen molar-refractivity contribution < 1.29 is 20.1 Å². The summed E-state index contributed by atoms with van der Waals surface area (Å²) in [5, 5.41) is 33.1. The molecule has 3 N–H and O–H groups in total. The van der Waals surface area contributed by atoms with Crippen molar-refractivity contribution in [1.82, 2.24) is 0 Å². The third-order valence-corrected chi connectivity index (χ3v) is 13.5. The second-order valence-corrected chi connectivity index (χ2v) is 14.6. The largest absolute Gasteiger partial charge is 0.481 e. The van der Waals surface area contributed by atoms with Crippen LogP contribution in [0.15, 0.2) is 12.2 Å². The zero-order valence-corrected chi connectivity index (χ0v) is 22.4. The van der Waals surface area contributed by atoms with E-state index in [4.69, 9.17) is 0 Å². The lowest BCUT2D eigenvalue weighted by Crippen LogP contribution is -2.69. The fourth-order valence-corrected chi connectivity index (χ4v) is 11.6. The number of carboxylic acid groups (broad SMARTS) is 1. The number of rotatable bonds is 2. The minimum Gasteiger partial charge on any atom is -0.481 e. The highest BCUT2D eigenvalue weighted by Gasteiger charge is 2.74. The Balaban J connectivity index is 1.60. The van der Waals surface area contributed by atoms with Crippen LogP contribution in [0.5, 0.6) is 0 Å². The molecule has 0 heterocycles. The summed E-state index contributed by atoms with van der Waals surface area (Å²) in [6, 6.07) is 0. The number of carboxylic acids is 1. The van der Waals surface area contributed by atoms with Crippen LogP contribution in [0.1, 0.15) is 99.3 Å². The van der Waals surface area contributed by atoms with E-state index in [2.05, 4.69) is 48.1 Å². The minimum atomic E-state index is -1.02. The molecule has 5 aliphatic rings. The van der Waals surface area contributed by atoms with Crippen LogP contribution >= 0.6 is 0 Å². The Morgan fingerprint density at radius 3 is 2.12 bits per heavy atom. The number of carbonyl (C=O) groups is 1. The number of allylic oxidation sites excluding steroid dienone is 1. The number of aliphatic carboxylic acids is 1. The topological polar surface area (TPSA) is 77.8 Å². The van der Waals surface area contributed by atoms with Crippen LogP contribution in [0.2, 0.25) is 0 Å². The molecule has 4 nitrogen and oxygen atoms in total. The molecule has 4 heteroatoms. The lowest BCUT2D eigenvalue weighted by molar-refractivity contribution is -0.263. The molecule has 0 amide bonds. The van der Waals surface area contributed by atoms with Crippen LogP contribution in [0.25, 0.3) is 0 Å². The van der Waals surface area contributed by atoms with E-state index in [1.807, 2.05) is 0 Å².